The Morgan fingerprint density at radius 3 is 2.67 bits per heavy atom. The number of carbonyl (C=O) groups excluding carboxylic acids is 1. The summed E-state index contributed by atoms with van der Waals surface area (Å²) in [6.45, 7) is 1.90. The molecular weight excluding hydrogens is 290 g/mol. The molecule has 0 aliphatic carbocycles. The van der Waals surface area contributed by atoms with Gasteiger partial charge in [0.25, 0.3) is 11.6 Å². The Morgan fingerprint density at radius 1 is 1.38 bits per heavy atom. The van der Waals surface area contributed by atoms with Gasteiger partial charge in [-0.1, -0.05) is 12.1 Å². The molecular formula is C14H15N3O3S. The summed E-state index contributed by atoms with van der Waals surface area (Å²) in [5.41, 5.74) is 5.55. The number of hydrogen-bond donors (Lipinski definition) is 1. The SMILES string of the molecule is CC(c1cccs1)N(C)C(=O)c1cccc([N+](=O)[O-])c1N. The number of para-hydroxylation sites is 1. The topological polar surface area (TPSA) is 89.5 Å². The van der Waals surface area contributed by atoms with Gasteiger partial charge in [-0.25, -0.2) is 0 Å². The molecule has 1 atom stereocenters. The Labute approximate surface area is 126 Å². The Balaban J connectivity index is 2.32. The van der Waals surface area contributed by atoms with Crippen LogP contribution >= 0.6 is 11.3 Å². The maximum atomic E-state index is 12.5. The van der Waals surface area contributed by atoms with Crippen LogP contribution in [-0.4, -0.2) is 22.8 Å². The van der Waals surface area contributed by atoms with Crippen molar-refractivity contribution in [2.75, 3.05) is 12.8 Å². The molecule has 1 unspecified atom stereocenters. The highest BCUT2D eigenvalue weighted by Gasteiger charge is 2.24. The van der Waals surface area contributed by atoms with Crippen LogP contribution in [0.4, 0.5) is 11.4 Å². The van der Waals surface area contributed by atoms with Gasteiger partial charge in [0.15, 0.2) is 0 Å². The van der Waals surface area contributed by atoms with Crippen LogP contribution in [-0.2, 0) is 0 Å². The van der Waals surface area contributed by atoms with Crippen molar-refractivity contribution >= 4 is 28.6 Å². The second-order valence-corrected chi connectivity index (χ2v) is 5.58. The fourth-order valence-electron chi connectivity index (χ4n) is 1.98. The van der Waals surface area contributed by atoms with Crippen LogP contribution in [0.15, 0.2) is 35.7 Å². The molecule has 0 saturated carbocycles. The molecule has 0 aliphatic rings. The highest BCUT2D eigenvalue weighted by atomic mass is 32.1. The first-order valence-corrected chi connectivity index (χ1v) is 7.15. The van der Waals surface area contributed by atoms with E-state index in [-0.39, 0.29) is 28.9 Å². The number of anilines is 1. The van der Waals surface area contributed by atoms with E-state index in [2.05, 4.69) is 0 Å². The normalized spacial score (nSPS) is 11.9. The number of nitrogens with zero attached hydrogens (tertiary/aromatic N) is 2. The molecule has 2 rings (SSSR count). The van der Waals surface area contributed by atoms with Crippen molar-refractivity contribution in [1.29, 1.82) is 0 Å². The van der Waals surface area contributed by atoms with Crippen molar-refractivity contribution in [3.63, 3.8) is 0 Å². The molecule has 0 saturated heterocycles. The number of nitrogens with two attached hydrogens (primary N) is 1. The summed E-state index contributed by atoms with van der Waals surface area (Å²) < 4.78 is 0. The molecule has 0 aliphatic heterocycles. The van der Waals surface area contributed by atoms with Crippen molar-refractivity contribution in [2.24, 2.45) is 0 Å². The molecule has 1 heterocycles. The molecule has 1 aromatic carbocycles. The maximum Gasteiger partial charge on any atom is 0.292 e. The molecule has 2 aromatic rings. The lowest BCUT2D eigenvalue weighted by Gasteiger charge is -2.24. The van der Waals surface area contributed by atoms with E-state index in [1.807, 2.05) is 24.4 Å². The molecule has 0 spiro atoms. The Hall–Kier alpha value is -2.41. The predicted molar refractivity (Wildman–Crippen MR) is 82.3 cm³/mol. The number of thiophene rings is 1. The second kappa shape index (κ2) is 5.92. The van der Waals surface area contributed by atoms with Crippen LogP contribution in [0.2, 0.25) is 0 Å². The summed E-state index contributed by atoms with van der Waals surface area (Å²) >= 11 is 1.55. The van der Waals surface area contributed by atoms with Crippen molar-refractivity contribution in [2.45, 2.75) is 13.0 Å². The van der Waals surface area contributed by atoms with Crippen LogP contribution < -0.4 is 5.73 Å². The van der Waals surface area contributed by atoms with E-state index in [1.165, 1.54) is 23.1 Å². The summed E-state index contributed by atoms with van der Waals surface area (Å²) in [6.07, 6.45) is 0. The van der Waals surface area contributed by atoms with Crippen molar-refractivity contribution < 1.29 is 9.72 Å². The summed E-state index contributed by atoms with van der Waals surface area (Å²) in [6, 6.07) is 7.98. The highest BCUT2D eigenvalue weighted by Crippen LogP contribution is 2.29. The van der Waals surface area contributed by atoms with E-state index in [1.54, 1.807) is 18.4 Å². The number of nitrogen functional groups attached to an aromatic ring is 1. The first kappa shape index (κ1) is 15.0. The Kier molecular flexibility index (Phi) is 4.23. The van der Waals surface area contributed by atoms with Gasteiger partial charge in [-0.15, -0.1) is 11.3 Å². The zero-order valence-electron chi connectivity index (χ0n) is 11.6. The van der Waals surface area contributed by atoms with Crippen LogP contribution in [0.1, 0.15) is 28.2 Å². The summed E-state index contributed by atoms with van der Waals surface area (Å²) in [5, 5.41) is 12.8. The van der Waals surface area contributed by atoms with Gasteiger partial charge in [-0.3, -0.25) is 14.9 Å². The summed E-state index contributed by atoms with van der Waals surface area (Å²) in [7, 11) is 1.66. The van der Waals surface area contributed by atoms with Gasteiger partial charge in [0.05, 0.1) is 16.5 Å². The van der Waals surface area contributed by atoms with Crippen molar-refractivity contribution in [3.05, 3.63) is 56.3 Å². The zero-order valence-corrected chi connectivity index (χ0v) is 12.5. The largest absolute Gasteiger partial charge is 0.393 e. The van der Waals surface area contributed by atoms with Gasteiger partial charge >= 0.3 is 0 Å². The highest BCUT2D eigenvalue weighted by molar-refractivity contribution is 7.10. The average molecular weight is 305 g/mol. The molecule has 0 radical (unpaired) electrons. The minimum absolute atomic E-state index is 0.0993. The number of rotatable bonds is 4. The lowest BCUT2D eigenvalue weighted by molar-refractivity contribution is -0.383. The predicted octanol–water partition coefficient (Wildman–Crippen LogP) is 3.07. The minimum Gasteiger partial charge on any atom is -0.393 e. The Morgan fingerprint density at radius 2 is 2.10 bits per heavy atom. The molecule has 0 bridgehead atoms. The molecule has 7 heteroatoms. The van der Waals surface area contributed by atoms with Crippen LogP contribution in [0.25, 0.3) is 0 Å². The molecule has 1 aromatic heterocycles. The third-order valence-electron chi connectivity index (χ3n) is 3.37. The van der Waals surface area contributed by atoms with E-state index < -0.39 is 4.92 Å². The molecule has 110 valence electrons. The average Bonchev–Trinajstić information content (AvgIpc) is 2.99. The summed E-state index contributed by atoms with van der Waals surface area (Å²) in [5.74, 6) is -0.336. The van der Waals surface area contributed by atoms with Gasteiger partial charge < -0.3 is 10.6 Å². The fraction of sp³-hybridized carbons (Fsp3) is 0.214. The number of amides is 1. The summed E-state index contributed by atoms with van der Waals surface area (Å²) in [4.78, 5) is 25.4. The number of carbonyl (C=O) groups is 1. The molecule has 6 nitrogen and oxygen atoms in total. The Bertz CT molecular complexity index is 670. The smallest absolute Gasteiger partial charge is 0.292 e. The first-order chi connectivity index (χ1) is 9.93. The molecule has 2 N–H and O–H groups in total. The van der Waals surface area contributed by atoms with Gasteiger partial charge in [0.1, 0.15) is 5.69 Å². The van der Waals surface area contributed by atoms with E-state index >= 15 is 0 Å². The van der Waals surface area contributed by atoms with Crippen molar-refractivity contribution in [3.8, 4) is 0 Å². The van der Waals surface area contributed by atoms with Gasteiger partial charge in [-0.05, 0) is 24.4 Å². The van der Waals surface area contributed by atoms with Crippen molar-refractivity contribution in [1.82, 2.24) is 4.90 Å². The molecule has 0 fully saturated rings. The number of benzene rings is 1. The molecule has 1 amide bonds. The first-order valence-electron chi connectivity index (χ1n) is 6.27. The molecule has 21 heavy (non-hydrogen) atoms. The van der Waals surface area contributed by atoms with Crippen LogP contribution in [0.3, 0.4) is 0 Å². The lowest BCUT2D eigenvalue weighted by atomic mass is 10.1. The zero-order chi connectivity index (χ0) is 15.6. The monoisotopic (exact) mass is 305 g/mol. The van der Waals surface area contributed by atoms with E-state index in [0.29, 0.717) is 0 Å². The van der Waals surface area contributed by atoms with Crippen LogP contribution in [0, 0.1) is 10.1 Å². The number of hydrogen-bond acceptors (Lipinski definition) is 5. The lowest BCUT2D eigenvalue weighted by Crippen LogP contribution is -2.30. The second-order valence-electron chi connectivity index (χ2n) is 4.60. The minimum atomic E-state index is -0.588. The number of nitro benzene ring substituents is 1. The number of nitro groups is 1. The quantitative estimate of drug-likeness (QED) is 0.534. The van der Waals surface area contributed by atoms with Gasteiger partial charge in [0, 0.05) is 18.0 Å². The fourth-order valence-corrected chi connectivity index (χ4v) is 2.81. The van der Waals surface area contributed by atoms with Gasteiger partial charge in [0.2, 0.25) is 0 Å². The van der Waals surface area contributed by atoms with Crippen LogP contribution in [0.5, 0.6) is 0 Å². The third-order valence-corrected chi connectivity index (χ3v) is 4.41. The van der Waals surface area contributed by atoms with E-state index in [0.717, 1.165) is 4.88 Å². The van der Waals surface area contributed by atoms with Gasteiger partial charge in [-0.2, -0.15) is 0 Å². The van der Waals surface area contributed by atoms with E-state index in [4.69, 9.17) is 5.73 Å². The standard InChI is InChI=1S/C14H15N3O3S/c1-9(12-7-4-8-21-12)16(2)14(18)10-5-3-6-11(13(10)15)17(19)20/h3-9H,15H2,1-2H3. The third kappa shape index (κ3) is 2.87. The van der Waals surface area contributed by atoms with E-state index in [9.17, 15) is 14.9 Å². The maximum absolute atomic E-state index is 12.5.